The van der Waals surface area contributed by atoms with Crippen LogP contribution < -0.4 is 5.32 Å². The molecule has 0 radical (unpaired) electrons. The van der Waals surface area contributed by atoms with Gasteiger partial charge in [-0.15, -0.1) is 0 Å². The first-order valence-corrected chi connectivity index (χ1v) is 11.0. The fourth-order valence-corrected chi connectivity index (χ4v) is 5.63. The number of amides is 2. The zero-order chi connectivity index (χ0) is 22.3. The summed E-state index contributed by atoms with van der Waals surface area (Å²) >= 11 is 0. The second-order valence-corrected chi connectivity index (χ2v) is 8.83. The number of likely N-dealkylation sites (tertiary alicyclic amines) is 1. The Hall–Kier alpha value is -2.45. The monoisotopic (exact) mass is 430 g/mol. The van der Waals surface area contributed by atoms with Crippen LogP contribution in [0.3, 0.4) is 0 Å². The minimum absolute atomic E-state index is 0.135. The molecule has 3 aliphatic heterocycles. The van der Waals surface area contributed by atoms with Crippen molar-refractivity contribution in [2.24, 2.45) is 11.8 Å². The van der Waals surface area contributed by atoms with Gasteiger partial charge in [0.2, 0.25) is 11.8 Å². The number of aliphatic hydroxyl groups is 1. The van der Waals surface area contributed by atoms with Crippen LogP contribution in [0.5, 0.6) is 0 Å². The lowest BCUT2D eigenvalue weighted by Crippen LogP contribution is -2.57. The van der Waals surface area contributed by atoms with Crippen molar-refractivity contribution in [3.8, 4) is 0 Å². The third-order valence-electron chi connectivity index (χ3n) is 6.67. The zero-order valence-corrected chi connectivity index (χ0v) is 18.1. The van der Waals surface area contributed by atoms with E-state index in [2.05, 4.69) is 5.32 Å². The van der Waals surface area contributed by atoms with Gasteiger partial charge in [-0.25, -0.2) is 0 Å². The Morgan fingerprint density at radius 2 is 2.03 bits per heavy atom. The topological polar surface area (TPSA) is 105 Å². The van der Waals surface area contributed by atoms with Crippen molar-refractivity contribution in [2.45, 2.75) is 63.4 Å². The van der Waals surface area contributed by atoms with Gasteiger partial charge in [-0.2, -0.15) is 0 Å². The number of rotatable bonds is 7. The summed E-state index contributed by atoms with van der Waals surface area (Å²) in [5, 5.41) is 13.2. The summed E-state index contributed by atoms with van der Waals surface area (Å²) in [6.45, 7) is 5.28. The number of ether oxygens (including phenoxy) is 2. The molecule has 3 heterocycles. The van der Waals surface area contributed by atoms with E-state index >= 15 is 0 Å². The largest absolute Gasteiger partial charge is 0.466 e. The van der Waals surface area contributed by atoms with Crippen LogP contribution in [-0.2, 0) is 23.9 Å². The summed E-state index contributed by atoms with van der Waals surface area (Å²) in [7, 11) is 0. The molecule has 2 bridgehead atoms. The van der Waals surface area contributed by atoms with Gasteiger partial charge in [0.1, 0.15) is 11.6 Å². The molecule has 4 rings (SSSR count). The Labute approximate surface area is 181 Å². The highest BCUT2D eigenvalue weighted by Gasteiger charge is 2.75. The molecule has 0 unspecified atom stereocenters. The highest BCUT2D eigenvalue weighted by Crippen LogP contribution is 2.59. The van der Waals surface area contributed by atoms with Gasteiger partial charge in [-0.1, -0.05) is 30.3 Å². The Balaban J connectivity index is 1.80. The SMILES string of the molecule is CCOC(=O)[C@@H]1[C@H]2C(=O)N([C@H](CO)c3ccccc3)[C@H](C(=O)NC(C)C)[C@]23CC[C@H]1O3. The number of hydrogen-bond acceptors (Lipinski definition) is 6. The fourth-order valence-electron chi connectivity index (χ4n) is 5.63. The summed E-state index contributed by atoms with van der Waals surface area (Å²) in [5.41, 5.74) is -0.375. The molecule has 1 aromatic rings. The lowest BCUT2D eigenvalue weighted by atomic mass is 9.70. The van der Waals surface area contributed by atoms with Crippen LogP contribution in [0, 0.1) is 11.8 Å². The van der Waals surface area contributed by atoms with E-state index in [1.54, 1.807) is 6.92 Å². The second kappa shape index (κ2) is 8.24. The molecule has 0 aromatic heterocycles. The Bertz CT molecular complexity index is 859. The molecule has 8 heteroatoms. The highest BCUT2D eigenvalue weighted by atomic mass is 16.6. The van der Waals surface area contributed by atoms with Gasteiger partial charge in [-0.05, 0) is 39.2 Å². The van der Waals surface area contributed by atoms with Crippen LogP contribution in [0.15, 0.2) is 30.3 Å². The predicted molar refractivity (Wildman–Crippen MR) is 111 cm³/mol. The number of fused-ring (bicyclic) bond motifs is 1. The predicted octanol–water partition coefficient (Wildman–Crippen LogP) is 1.18. The van der Waals surface area contributed by atoms with Crippen molar-refractivity contribution in [1.82, 2.24) is 10.2 Å². The summed E-state index contributed by atoms with van der Waals surface area (Å²) < 4.78 is 11.6. The van der Waals surface area contributed by atoms with E-state index < -0.39 is 41.6 Å². The van der Waals surface area contributed by atoms with Gasteiger partial charge >= 0.3 is 5.97 Å². The first-order chi connectivity index (χ1) is 14.9. The fraction of sp³-hybridized carbons (Fsp3) is 0.609. The highest BCUT2D eigenvalue weighted by molar-refractivity contribution is 5.98. The number of carbonyl (C=O) groups is 3. The molecule has 8 nitrogen and oxygen atoms in total. The van der Waals surface area contributed by atoms with E-state index in [4.69, 9.17) is 9.47 Å². The average molecular weight is 431 g/mol. The van der Waals surface area contributed by atoms with Gasteiger partial charge in [0.25, 0.3) is 0 Å². The quantitative estimate of drug-likeness (QED) is 0.630. The molecular formula is C23H30N2O6. The Morgan fingerprint density at radius 3 is 2.65 bits per heavy atom. The van der Waals surface area contributed by atoms with Crippen LogP contribution in [0.2, 0.25) is 0 Å². The van der Waals surface area contributed by atoms with Crippen LogP contribution in [0.4, 0.5) is 0 Å². The smallest absolute Gasteiger partial charge is 0.312 e. The number of hydrogen-bond donors (Lipinski definition) is 2. The number of aliphatic hydroxyl groups excluding tert-OH is 1. The molecule has 0 saturated carbocycles. The molecule has 6 atom stereocenters. The third kappa shape index (κ3) is 3.32. The van der Waals surface area contributed by atoms with Crippen molar-refractivity contribution < 1.29 is 29.0 Å². The van der Waals surface area contributed by atoms with Gasteiger partial charge in [-0.3, -0.25) is 14.4 Å². The first-order valence-electron chi connectivity index (χ1n) is 11.0. The zero-order valence-electron chi connectivity index (χ0n) is 18.1. The average Bonchev–Trinajstić information content (AvgIpc) is 3.37. The summed E-state index contributed by atoms with van der Waals surface area (Å²) in [4.78, 5) is 41.4. The van der Waals surface area contributed by atoms with Crippen molar-refractivity contribution >= 4 is 17.8 Å². The van der Waals surface area contributed by atoms with Crippen molar-refractivity contribution in [1.29, 1.82) is 0 Å². The van der Waals surface area contributed by atoms with Gasteiger partial charge in [0.05, 0.1) is 37.2 Å². The molecule has 2 amide bonds. The van der Waals surface area contributed by atoms with Crippen LogP contribution >= 0.6 is 0 Å². The molecule has 3 saturated heterocycles. The first kappa shape index (κ1) is 21.8. The maximum absolute atomic E-state index is 13.8. The van der Waals surface area contributed by atoms with Crippen LogP contribution in [0.25, 0.3) is 0 Å². The molecule has 31 heavy (non-hydrogen) atoms. The Morgan fingerprint density at radius 1 is 1.32 bits per heavy atom. The Kier molecular flexibility index (Phi) is 5.79. The molecule has 1 aromatic carbocycles. The maximum Gasteiger partial charge on any atom is 0.312 e. The maximum atomic E-state index is 13.8. The van der Waals surface area contributed by atoms with E-state index in [9.17, 15) is 19.5 Å². The van der Waals surface area contributed by atoms with Crippen molar-refractivity contribution in [3.63, 3.8) is 0 Å². The molecule has 0 aliphatic carbocycles. The van der Waals surface area contributed by atoms with E-state index in [1.165, 1.54) is 4.90 Å². The number of nitrogens with zero attached hydrogens (tertiary/aromatic N) is 1. The van der Waals surface area contributed by atoms with Gasteiger partial charge < -0.3 is 24.8 Å². The standard InChI is InChI=1S/C23H30N2O6/c1-4-30-22(29)17-16-10-11-23(31-16)18(17)21(28)25(19(23)20(27)24-13(2)3)15(12-26)14-8-6-5-7-9-14/h5-9,13,15-19,26H,4,10-12H2,1-3H3,(H,24,27)/t15-,16-,17+,18+,19-,23+/m1/s1. The van der Waals surface area contributed by atoms with Crippen molar-refractivity contribution in [2.75, 3.05) is 13.2 Å². The molecule has 3 fully saturated rings. The summed E-state index contributed by atoms with van der Waals surface area (Å²) in [6.07, 6.45) is 0.652. The molecule has 168 valence electrons. The van der Waals surface area contributed by atoms with E-state index in [0.717, 1.165) is 5.56 Å². The normalized spacial score (nSPS) is 32.3. The summed E-state index contributed by atoms with van der Waals surface area (Å²) in [6, 6.07) is 7.34. The summed E-state index contributed by atoms with van der Waals surface area (Å²) in [5.74, 6) is -2.67. The molecular weight excluding hydrogens is 400 g/mol. The second-order valence-electron chi connectivity index (χ2n) is 8.83. The third-order valence-corrected chi connectivity index (χ3v) is 6.67. The minimum Gasteiger partial charge on any atom is -0.466 e. The van der Waals surface area contributed by atoms with Crippen molar-refractivity contribution in [3.05, 3.63) is 35.9 Å². The number of carbonyl (C=O) groups excluding carboxylic acids is 3. The molecule has 3 aliphatic rings. The van der Waals surface area contributed by atoms with Gasteiger partial charge in [0.15, 0.2) is 0 Å². The lowest BCUT2D eigenvalue weighted by Gasteiger charge is -2.37. The molecule has 2 N–H and O–H groups in total. The van der Waals surface area contributed by atoms with Crippen LogP contribution in [0.1, 0.15) is 45.2 Å². The van der Waals surface area contributed by atoms with E-state index in [-0.39, 0.29) is 31.1 Å². The number of esters is 1. The molecule has 1 spiro atoms. The van der Waals surface area contributed by atoms with Crippen LogP contribution in [-0.4, -0.2) is 64.8 Å². The lowest BCUT2D eigenvalue weighted by molar-refractivity contribution is -0.155. The minimum atomic E-state index is -1.10. The number of nitrogens with one attached hydrogen (secondary N) is 1. The number of benzene rings is 1. The van der Waals surface area contributed by atoms with Gasteiger partial charge in [0, 0.05) is 6.04 Å². The van der Waals surface area contributed by atoms with E-state index in [0.29, 0.717) is 12.8 Å². The van der Waals surface area contributed by atoms with E-state index in [1.807, 2.05) is 44.2 Å².